The summed E-state index contributed by atoms with van der Waals surface area (Å²) < 4.78 is 34.8. The quantitative estimate of drug-likeness (QED) is 0.496. The molecule has 2 aromatic rings. The highest BCUT2D eigenvalue weighted by Gasteiger charge is 2.26. The molecule has 1 saturated heterocycles. The lowest BCUT2D eigenvalue weighted by Gasteiger charge is -2.34. The van der Waals surface area contributed by atoms with Crippen LogP contribution in [0, 0.1) is 0 Å². The van der Waals surface area contributed by atoms with Crippen LogP contribution in [-0.2, 0) is 16.6 Å². The van der Waals surface area contributed by atoms with Crippen molar-refractivity contribution in [2.24, 2.45) is 0 Å². The molecule has 0 aromatic heterocycles. The Hall–Kier alpha value is -1.41. The first-order valence-electron chi connectivity index (χ1n) is 10.5. The topological polar surface area (TPSA) is 49.9 Å². The smallest absolute Gasteiger partial charge is 0.243 e. The van der Waals surface area contributed by atoms with Crippen LogP contribution < -0.4 is 4.74 Å². The summed E-state index contributed by atoms with van der Waals surface area (Å²) in [5.41, 5.74) is 0.868. The molecule has 0 radical (unpaired) electrons. The van der Waals surface area contributed by atoms with E-state index < -0.39 is 10.0 Å². The van der Waals surface area contributed by atoms with Crippen LogP contribution in [0.25, 0.3) is 0 Å². The lowest BCUT2D eigenvalue weighted by atomic mass is 10.0. The van der Waals surface area contributed by atoms with Gasteiger partial charge in [0, 0.05) is 29.2 Å². The van der Waals surface area contributed by atoms with Crippen molar-refractivity contribution in [1.29, 1.82) is 0 Å². The maximum absolute atomic E-state index is 13.5. The zero-order chi connectivity index (χ0) is 21.6. The van der Waals surface area contributed by atoms with E-state index >= 15 is 0 Å². The van der Waals surface area contributed by atoms with Gasteiger partial charge in [0.2, 0.25) is 10.0 Å². The van der Waals surface area contributed by atoms with E-state index in [4.69, 9.17) is 4.74 Å². The van der Waals surface area contributed by atoms with E-state index in [2.05, 4.69) is 27.8 Å². The molecular formula is C23H31BrN2O3S. The van der Waals surface area contributed by atoms with Crippen molar-refractivity contribution in [2.45, 2.75) is 50.1 Å². The van der Waals surface area contributed by atoms with Gasteiger partial charge in [0.05, 0.1) is 12.0 Å². The third-order valence-electron chi connectivity index (χ3n) is 5.78. The molecule has 3 rings (SSSR count). The summed E-state index contributed by atoms with van der Waals surface area (Å²) in [6.45, 7) is 5.05. The number of piperidine rings is 1. The van der Waals surface area contributed by atoms with E-state index in [1.165, 1.54) is 19.3 Å². The predicted molar refractivity (Wildman–Crippen MR) is 124 cm³/mol. The van der Waals surface area contributed by atoms with Crippen molar-refractivity contribution in [2.75, 3.05) is 26.7 Å². The molecule has 1 aliphatic heterocycles. The van der Waals surface area contributed by atoms with Crippen LogP contribution in [0.1, 0.15) is 38.2 Å². The zero-order valence-corrected chi connectivity index (χ0v) is 20.2. The third-order valence-corrected chi connectivity index (χ3v) is 8.17. The van der Waals surface area contributed by atoms with Crippen molar-refractivity contribution in [3.63, 3.8) is 0 Å². The molecule has 0 N–H and O–H groups in total. The van der Waals surface area contributed by atoms with E-state index in [0.29, 0.717) is 23.2 Å². The molecule has 1 atom stereocenters. The lowest BCUT2D eigenvalue weighted by Crippen LogP contribution is -2.40. The number of halogens is 1. The Bertz CT molecular complexity index is 918. The Kier molecular flexibility index (Phi) is 8.34. The minimum Gasteiger partial charge on any atom is -0.496 e. The van der Waals surface area contributed by atoms with Crippen LogP contribution in [0.15, 0.2) is 57.9 Å². The molecule has 1 aliphatic rings. The Balaban J connectivity index is 1.79. The van der Waals surface area contributed by atoms with Gasteiger partial charge in [-0.15, -0.1) is 0 Å². The molecule has 30 heavy (non-hydrogen) atoms. The standard InChI is InChI=1S/C23H31BrN2O3S/c1-19-8-5-6-15-25(19)16-7-17-26(18-20-9-3-4-10-23(20)29-2)30(27,28)22-13-11-21(24)12-14-22/h3-4,9-14,19H,5-8,15-18H2,1-2H3. The van der Waals surface area contributed by atoms with Gasteiger partial charge in [-0.2, -0.15) is 4.31 Å². The molecule has 1 fully saturated rings. The first kappa shape index (κ1) is 23.3. The number of sulfonamides is 1. The fraction of sp³-hybridized carbons (Fsp3) is 0.478. The summed E-state index contributed by atoms with van der Waals surface area (Å²) in [4.78, 5) is 2.80. The number of hydrogen-bond acceptors (Lipinski definition) is 4. The third kappa shape index (κ3) is 5.84. The molecule has 164 valence electrons. The lowest BCUT2D eigenvalue weighted by molar-refractivity contribution is 0.155. The average Bonchev–Trinajstić information content (AvgIpc) is 2.75. The van der Waals surface area contributed by atoms with Crippen LogP contribution in [0.4, 0.5) is 0 Å². The Morgan fingerprint density at radius 1 is 1.13 bits per heavy atom. The molecule has 0 bridgehead atoms. The normalized spacial score (nSPS) is 17.9. The summed E-state index contributed by atoms with van der Waals surface area (Å²) in [5.74, 6) is 0.707. The molecule has 5 nitrogen and oxygen atoms in total. The van der Waals surface area contributed by atoms with Gasteiger partial charge < -0.3 is 9.64 Å². The summed E-state index contributed by atoms with van der Waals surface area (Å²) in [6, 6.07) is 15.0. The van der Waals surface area contributed by atoms with Gasteiger partial charge >= 0.3 is 0 Å². The molecule has 0 amide bonds. The fourth-order valence-electron chi connectivity index (χ4n) is 4.00. The van der Waals surface area contributed by atoms with E-state index in [0.717, 1.165) is 29.5 Å². The predicted octanol–water partition coefficient (Wildman–Crippen LogP) is 4.91. The van der Waals surface area contributed by atoms with E-state index in [1.807, 2.05) is 24.3 Å². The molecule has 1 heterocycles. The monoisotopic (exact) mass is 494 g/mol. The molecule has 0 spiro atoms. The van der Waals surface area contributed by atoms with Gasteiger partial charge in [-0.05, 0) is 69.6 Å². The average molecular weight is 495 g/mol. The van der Waals surface area contributed by atoms with Crippen molar-refractivity contribution in [1.82, 2.24) is 9.21 Å². The van der Waals surface area contributed by atoms with Crippen LogP contribution >= 0.6 is 15.9 Å². The molecule has 1 unspecified atom stereocenters. The Labute approximate surface area is 189 Å². The summed E-state index contributed by atoms with van der Waals surface area (Å²) >= 11 is 3.38. The largest absolute Gasteiger partial charge is 0.496 e. The number of methoxy groups -OCH3 is 1. The van der Waals surface area contributed by atoms with Crippen LogP contribution in [0.2, 0.25) is 0 Å². The number of nitrogens with zero attached hydrogens (tertiary/aromatic N) is 2. The van der Waals surface area contributed by atoms with Gasteiger partial charge in [0.25, 0.3) is 0 Å². The Morgan fingerprint density at radius 2 is 1.87 bits per heavy atom. The van der Waals surface area contributed by atoms with E-state index in [9.17, 15) is 8.42 Å². The minimum atomic E-state index is -3.62. The van der Waals surface area contributed by atoms with Crippen LogP contribution in [-0.4, -0.2) is 50.4 Å². The summed E-state index contributed by atoms with van der Waals surface area (Å²) in [6.07, 6.45) is 4.54. The highest BCUT2D eigenvalue weighted by molar-refractivity contribution is 9.10. The Morgan fingerprint density at radius 3 is 2.57 bits per heavy atom. The minimum absolute atomic E-state index is 0.290. The SMILES string of the molecule is COc1ccccc1CN(CCCN1CCCCC1C)S(=O)(=O)c1ccc(Br)cc1. The highest BCUT2D eigenvalue weighted by atomic mass is 79.9. The van der Waals surface area contributed by atoms with Crippen LogP contribution in [0.3, 0.4) is 0 Å². The number of benzene rings is 2. The van der Waals surface area contributed by atoms with E-state index in [-0.39, 0.29) is 6.54 Å². The van der Waals surface area contributed by atoms with Crippen molar-refractivity contribution in [3.05, 3.63) is 58.6 Å². The van der Waals surface area contributed by atoms with Gasteiger partial charge in [-0.1, -0.05) is 40.5 Å². The van der Waals surface area contributed by atoms with Gasteiger partial charge in [0.15, 0.2) is 0 Å². The second-order valence-corrected chi connectivity index (χ2v) is 10.7. The van der Waals surface area contributed by atoms with Gasteiger partial charge in [-0.3, -0.25) is 0 Å². The molecular weight excluding hydrogens is 464 g/mol. The molecule has 0 saturated carbocycles. The summed E-state index contributed by atoms with van der Waals surface area (Å²) in [5, 5.41) is 0. The number of likely N-dealkylation sites (tertiary alicyclic amines) is 1. The number of rotatable bonds is 9. The summed E-state index contributed by atoms with van der Waals surface area (Å²) in [7, 11) is -2.00. The second kappa shape index (κ2) is 10.8. The van der Waals surface area contributed by atoms with E-state index in [1.54, 1.807) is 35.7 Å². The van der Waals surface area contributed by atoms with Crippen molar-refractivity contribution in [3.8, 4) is 5.75 Å². The first-order valence-corrected chi connectivity index (χ1v) is 12.8. The van der Waals surface area contributed by atoms with Crippen molar-refractivity contribution >= 4 is 26.0 Å². The zero-order valence-electron chi connectivity index (χ0n) is 17.8. The maximum atomic E-state index is 13.5. The molecule has 7 heteroatoms. The maximum Gasteiger partial charge on any atom is 0.243 e. The molecule has 2 aromatic carbocycles. The van der Waals surface area contributed by atoms with Crippen LogP contribution in [0.5, 0.6) is 5.75 Å². The van der Waals surface area contributed by atoms with Gasteiger partial charge in [-0.25, -0.2) is 8.42 Å². The number of ether oxygens (including phenoxy) is 1. The fourth-order valence-corrected chi connectivity index (χ4v) is 5.72. The van der Waals surface area contributed by atoms with Crippen molar-refractivity contribution < 1.29 is 13.2 Å². The highest BCUT2D eigenvalue weighted by Crippen LogP contribution is 2.25. The molecule has 0 aliphatic carbocycles. The van der Waals surface area contributed by atoms with Gasteiger partial charge in [0.1, 0.15) is 5.75 Å². The number of hydrogen-bond donors (Lipinski definition) is 0. The number of para-hydroxylation sites is 1. The second-order valence-electron chi connectivity index (χ2n) is 7.84. The first-order chi connectivity index (χ1) is 14.4.